The van der Waals surface area contributed by atoms with E-state index in [9.17, 15) is 18.0 Å². The summed E-state index contributed by atoms with van der Waals surface area (Å²) in [6, 6.07) is 8.21. The molecule has 2 bridgehead atoms. The fourth-order valence-electron chi connectivity index (χ4n) is 5.88. The second kappa shape index (κ2) is 7.57. The zero-order chi connectivity index (χ0) is 21.8. The number of rotatable bonds is 4. The Bertz CT molecular complexity index is 957. The molecule has 0 radical (unpaired) electrons. The Morgan fingerprint density at radius 1 is 1.19 bits per heavy atom. The van der Waals surface area contributed by atoms with E-state index in [1.807, 2.05) is 37.3 Å². The lowest BCUT2D eigenvalue weighted by atomic mass is 9.84. The monoisotopic (exact) mass is 432 g/mol. The minimum atomic E-state index is -4.46. The molecule has 2 saturated carbocycles. The van der Waals surface area contributed by atoms with Gasteiger partial charge in [-0.2, -0.15) is 18.3 Å². The second-order valence-corrected chi connectivity index (χ2v) is 9.36. The number of anilines is 1. The van der Waals surface area contributed by atoms with Crippen molar-refractivity contribution < 1.29 is 18.0 Å². The molecule has 2 N–H and O–H groups in total. The summed E-state index contributed by atoms with van der Waals surface area (Å²) < 4.78 is 42.4. The Labute approximate surface area is 179 Å². The molecule has 0 saturated heterocycles. The first-order chi connectivity index (χ1) is 14.8. The SMILES string of the molecule is C[C@H](NC(=O)c1cc2n(n1)[C@H](C(F)(F)F)C[C@@H](c1ccccc1)N2)[C@@H]1C[C@H]2CC[C@H]1C2. The molecule has 0 spiro atoms. The van der Waals surface area contributed by atoms with Crippen LogP contribution in [0.15, 0.2) is 36.4 Å². The van der Waals surface area contributed by atoms with E-state index in [0.717, 1.165) is 22.6 Å². The number of carbonyl (C=O) groups is 1. The van der Waals surface area contributed by atoms with Gasteiger partial charge in [0.2, 0.25) is 0 Å². The average molecular weight is 432 g/mol. The summed E-state index contributed by atoms with van der Waals surface area (Å²) >= 11 is 0. The number of carbonyl (C=O) groups excluding carboxylic acids is 1. The van der Waals surface area contributed by atoms with Gasteiger partial charge in [-0.3, -0.25) is 4.79 Å². The maximum atomic E-state index is 13.8. The number of hydrogen-bond acceptors (Lipinski definition) is 3. The lowest BCUT2D eigenvalue weighted by Gasteiger charge is -2.33. The lowest BCUT2D eigenvalue weighted by Crippen LogP contribution is -2.40. The molecule has 2 aromatic rings. The predicted molar refractivity (Wildman–Crippen MR) is 111 cm³/mol. The molecule has 1 aromatic heterocycles. The number of halogens is 3. The molecule has 0 unspecified atom stereocenters. The summed E-state index contributed by atoms with van der Waals surface area (Å²) in [6.07, 6.45) is 0.226. The van der Waals surface area contributed by atoms with E-state index in [4.69, 9.17) is 0 Å². The van der Waals surface area contributed by atoms with Crippen LogP contribution in [-0.4, -0.2) is 27.9 Å². The van der Waals surface area contributed by atoms with Gasteiger partial charge in [-0.05, 0) is 49.5 Å². The van der Waals surface area contributed by atoms with Crippen molar-refractivity contribution in [3.63, 3.8) is 0 Å². The molecule has 2 fully saturated rings. The number of fused-ring (bicyclic) bond motifs is 3. The van der Waals surface area contributed by atoms with Crippen LogP contribution in [0, 0.1) is 17.8 Å². The van der Waals surface area contributed by atoms with Crippen LogP contribution in [0.5, 0.6) is 0 Å². The van der Waals surface area contributed by atoms with Crippen molar-refractivity contribution in [3.8, 4) is 0 Å². The molecular weight excluding hydrogens is 405 g/mol. The highest BCUT2D eigenvalue weighted by Gasteiger charge is 2.47. The standard InChI is InChI=1S/C23H27F3N4O/c1-13(17-10-14-7-8-16(17)9-14)27-22(31)19-12-21-28-18(15-5-3-2-4-6-15)11-20(23(24,25)26)30(21)29-19/h2-6,12-14,16-18,20,28H,7-11H2,1H3,(H,27,31)/t13-,14-,16-,17-,18-,20-/m0/s1. The van der Waals surface area contributed by atoms with E-state index < -0.39 is 24.2 Å². The van der Waals surface area contributed by atoms with Gasteiger partial charge in [0, 0.05) is 18.5 Å². The van der Waals surface area contributed by atoms with E-state index in [0.29, 0.717) is 11.8 Å². The molecule has 8 heteroatoms. The van der Waals surface area contributed by atoms with Crippen LogP contribution in [-0.2, 0) is 0 Å². The zero-order valence-electron chi connectivity index (χ0n) is 17.4. The first-order valence-electron chi connectivity index (χ1n) is 11.1. The van der Waals surface area contributed by atoms with E-state index in [1.54, 1.807) is 0 Å². The van der Waals surface area contributed by atoms with Crippen LogP contribution in [0.4, 0.5) is 19.0 Å². The Kier molecular flexibility index (Phi) is 4.98. The molecule has 31 heavy (non-hydrogen) atoms. The smallest absolute Gasteiger partial charge is 0.363 e. The van der Waals surface area contributed by atoms with Crippen molar-refractivity contribution in [2.45, 2.75) is 63.3 Å². The highest BCUT2D eigenvalue weighted by Crippen LogP contribution is 2.49. The number of nitrogens with zero attached hydrogens (tertiary/aromatic N) is 2. The molecular formula is C23H27F3N4O. The van der Waals surface area contributed by atoms with Gasteiger partial charge in [0.25, 0.3) is 5.91 Å². The van der Waals surface area contributed by atoms with Gasteiger partial charge in [0.1, 0.15) is 5.82 Å². The van der Waals surface area contributed by atoms with Gasteiger partial charge in [-0.1, -0.05) is 36.8 Å². The topological polar surface area (TPSA) is 59.0 Å². The summed E-state index contributed by atoms with van der Waals surface area (Å²) in [4.78, 5) is 12.8. The minimum Gasteiger partial charge on any atom is -0.363 e. The third kappa shape index (κ3) is 3.81. The zero-order valence-corrected chi connectivity index (χ0v) is 17.4. The quantitative estimate of drug-likeness (QED) is 0.707. The van der Waals surface area contributed by atoms with Crippen LogP contribution in [0.1, 0.15) is 67.2 Å². The van der Waals surface area contributed by atoms with Gasteiger partial charge >= 0.3 is 6.18 Å². The molecule has 5 nitrogen and oxygen atoms in total. The van der Waals surface area contributed by atoms with Gasteiger partial charge < -0.3 is 10.6 Å². The van der Waals surface area contributed by atoms with Crippen molar-refractivity contribution in [1.29, 1.82) is 0 Å². The van der Waals surface area contributed by atoms with Crippen molar-refractivity contribution in [2.75, 3.05) is 5.32 Å². The lowest BCUT2D eigenvalue weighted by molar-refractivity contribution is -0.173. The Morgan fingerprint density at radius 3 is 2.61 bits per heavy atom. The van der Waals surface area contributed by atoms with Crippen molar-refractivity contribution in [3.05, 3.63) is 47.7 Å². The minimum absolute atomic E-state index is 0.00929. The van der Waals surface area contributed by atoms with E-state index in [2.05, 4.69) is 15.7 Å². The number of hydrogen-bond donors (Lipinski definition) is 2. The summed E-state index contributed by atoms with van der Waals surface area (Å²) in [5.74, 6) is 1.68. The van der Waals surface area contributed by atoms with E-state index >= 15 is 0 Å². The fraction of sp³-hybridized carbons (Fsp3) is 0.565. The molecule has 166 valence electrons. The highest BCUT2D eigenvalue weighted by molar-refractivity contribution is 5.93. The summed E-state index contributed by atoms with van der Waals surface area (Å²) in [5, 5.41) is 10.2. The summed E-state index contributed by atoms with van der Waals surface area (Å²) in [5.41, 5.74) is 0.806. The number of nitrogens with one attached hydrogen (secondary N) is 2. The number of amides is 1. The molecule has 1 amide bonds. The van der Waals surface area contributed by atoms with Gasteiger partial charge in [-0.15, -0.1) is 0 Å². The van der Waals surface area contributed by atoms with Crippen LogP contribution >= 0.6 is 0 Å². The molecule has 3 aliphatic rings. The highest BCUT2D eigenvalue weighted by atomic mass is 19.4. The third-order valence-electron chi connectivity index (χ3n) is 7.42. The molecule has 2 heterocycles. The first kappa shape index (κ1) is 20.4. The van der Waals surface area contributed by atoms with E-state index in [1.165, 1.54) is 25.3 Å². The van der Waals surface area contributed by atoms with Gasteiger partial charge in [0.15, 0.2) is 11.7 Å². The van der Waals surface area contributed by atoms with Gasteiger partial charge in [0.05, 0.1) is 6.04 Å². The Morgan fingerprint density at radius 2 is 1.97 bits per heavy atom. The molecule has 2 aliphatic carbocycles. The summed E-state index contributed by atoms with van der Waals surface area (Å²) in [7, 11) is 0. The van der Waals surface area contributed by atoms with Crippen molar-refractivity contribution in [2.24, 2.45) is 17.8 Å². The van der Waals surface area contributed by atoms with Crippen molar-refractivity contribution in [1.82, 2.24) is 15.1 Å². The maximum Gasteiger partial charge on any atom is 0.410 e. The maximum absolute atomic E-state index is 13.8. The van der Waals surface area contributed by atoms with Crippen LogP contribution in [0.3, 0.4) is 0 Å². The van der Waals surface area contributed by atoms with E-state index in [-0.39, 0.29) is 24.0 Å². The Balaban J connectivity index is 1.36. The average Bonchev–Trinajstić information content (AvgIpc) is 3.48. The molecule has 5 rings (SSSR count). The second-order valence-electron chi connectivity index (χ2n) is 9.36. The Hall–Kier alpha value is -2.51. The predicted octanol–water partition coefficient (Wildman–Crippen LogP) is 5.10. The molecule has 6 atom stereocenters. The fourth-order valence-corrected chi connectivity index (χ4v) is 5.88. The first-order valence-corrected chi connectivity index (χ1v) is 11.1. The third-order valence-corrected chi connectivity index (χ3v) is 7.42. The number of aromatic nitrogens is 2. The normalized spacial score (nSPS) is 30.5. The van der Waals surface area contributed by atoms with Crippen LogP contribution in [0.2, 0.25) is 0 Å². The van der Waals surface area contributed by atoms with Gasteiger partial charge in [-0.25, -0.2) is 4.68 Å². The largest absolute Gasteiger partial charge is 0.410 e. The molecule has 1 aliphatic heterocycles. The number of alkyl halides is 3. The van der Waals surface area contributed by atoms with Crippen molar-refractivity contribution >= 4 is 11.7 Å². The molecule has 1 aromatic carbocycles. The summed E-state index contributed by atoms with van der Waals surface area (Å²) in [6.45, 7) is 2.00. The van der Waals surface area contributed by atoms with Crippen LogP contribution < -0.4 is 10.6 Å². The number of benzene rings is 1. The van der Waals surface area contributed by atoms with Crippen LogP contribution in [0.25, 0.3) is 0 Å².